The van der Waals surface area contributed by atoms with Gasteiger partial charge in [0.2, 0.25) is 5.95 Å². The van der Waals surface area contributed by atoms with Crippen LogP contribution in [0.1, 0.15) is 25.0 Å². The summed E-state index contributed by atoms with van der Waals surface area (Å²) in [6.45, 7) is 7.73. The van der Waals surface area contributed by atoms with Crippen molar-refractivity contribution in [2.24, 2.45) is 7.05 Å². The molecule has 12 heteroatoms. The molecule has 5 aromatic heterocycles. The Kier molecular flexibility index (Phi) is 5.86. The smallest absolute Gasteiger partial charge is 0.206 e. The van der Waals surface area contributed by atoms with Crippen molar-refractivity contribution >= 4 is 33.7 Å². The zero-order valence-corrected chi connectivity index (χ0v) is 25.3. The number of hydrogen-bond donors (Lipinski definition) is 0. The first-order valence-electron chi connectivity index (χ1n) is 15.6. The van der Waals surface area contributed by atoms with Gasteiger partial charge in [-0.05, 0) is 38.3 Å². The number of aryl methyl sites for hydroxylation is 2. The van der Waals surface area contributed by atoms with Crippen LogP contribution in [0.25, 0.3) is 39.0 Å². The molecule has 4 fully saturated rings. The number of hydrogen-bond acceptors (Lipinski definition) is 10. The van der Waals surface area contributed by atoms with Gasteiger partial charge in [0.25, 0.3) is 0 Å². The Bertz CT molecular complexity index is 1900. The van der Waals surface area contributed by atoms with Crippen molar-refractivity contribution in [3.8, 4) is 22.8 Å². The number of ether oxygens (including phenoxy) is 2. The predicted octanol–water partition coefficient (Wildman–Crippen LogP) is 3.34. The van der Waals surface area contributed by atoms with Crippen molar-refractivity contribution < 1.29 is 9.47 Å². The Hall–Kier alpha value is -4.29. The standard InChI is InChI=1S/C32H36N10O2/c1-19-23-16-34-42(26(23)13-25(35-19)24-15-33-7-6-28(24)43-3)29-14-27-30(31(36-29)41-17-22-12-21(41)18-44-22)37-32(38(27)2)40-10-8-39(9-11-40)20-4-5-20/h6-7,13-16,20-22H,4-5,8-12,17-18H2,1-3H3/t21-,22-/m1/s1. The van der Waals surface area contributed by atoms with Gasteiger partial charge in [0.1, 0.15) is 11.3 Å². The lowest BCUT2D eigenvalue weighted by atomic mass is 10.1. The third kappa shape index (κ3) is 4.07. The van der Waals surface area contributed by atoms with Crippen LogP contribution in [0, 0.1) is 6.92 Å². The Morgan fingerprint density at radius 3 is 2.59 bits per heavy atom. The number of methoxy groups -OCH3 is 1. The van der Waals surface area contributed by atoms with Gasteiger partial charge in [-0.1, -0.05) is 0 Å². The number of rotatable bonds is 6. The molecule has 44 heavy (non-hydrogen) atoms. The molecule has 1 aliphatic carbocycles. The zero-order valence-electron chi connectivity index (χ0n) is 25.3. The van der Waals surface area contributed by atoms with E-state index < -0.39 is 0 Å². The summed E-state index contributed by atoms with van der Waals surface area (Å²) in [4.78, 5) is 27.3. The number of fused-ring (bicyclic) bond motifs is 4. The lowest BCUT2D eigenvalue weighted by Crippen LogP contribution is -2.48. The van der Waals surface area contributed by atoms with Crippen molar-refractivity contribution in [3.05, 3.63) is 42.5 Å². The summed E-state index contributed by atoms with van der Waals surface area (Å²) in [7, 11) is 3.80. The second kappa shape index (κ2) is 9.86. The van der Waals surface area contributed by atoms with E-state index >= 15 is 0 Å². The van der Waals surface area contributed by atoms with Gasteiger partial charge >= 0.3 is 0 Å². The highest BCUT2D eigenvalue weighted by atomic mass is 16.5. The van der Waals surface area contributed by atoms with Crippen LogP contribution in [0.5, 0.6) is 5.75 Å². The van der Waals surface area contributed by atoms with Crippen LogP contribution in [0.3, 0.4) is 0 Å². The quantitative estimate of drug-likeness (QED) is 0.292. The molecule has 0 N–H and O–H groups in total. The van der Waals surface area contributed by atoms with Crippen molar-refractivity contribution in [3.63, 3.8) is 0 Å². The maximum Gasteiger partial charge on any atom is 0.206 e. The molecule has 8 heterocycles. The fourth-order valence-corrected chi connectivity index (χ4v) is 7.37. The van der Waals surface area contributed by atoms with Crippen LogP contribution in [-0.2, 0) is 11.8 Å². The Morgan fingerprint density at radius 1 is 0.977 bits per heavy atom. The molecule has 2 atom stereocenters. The molecule has 12 nitrogen and oxygen atoms in total. The molecule has 1 saturated carbocycles. The number of morpholine rings is 1. The maximum atomic E-state index is 5.97. The van der Waals surface area contributed by atoms with Gasteiger partial charge in [-0.15, -0.1) is 0 Å². The number of pyridine rings is 3. The summed E-state index contributed by atoms with van der Waals surface area (Å²) in [5.74, 6) is 3.41. The van der Waals surface area contributed by atoms with Gasteiger partial charge in [-0.3, -0.25) is 14.9 Å². The van der Waals surface area contributed by atoms with Crippen molar-refractivity contribution in [2.75, 3.05) is 56.2 Å². The monoisotopic (exact) mass is 592 g/mol. The predicted molar refractivity (Wildman–Crippen MR) is 168 cm³/mol. The van der Waals surface area contributed by atoms with Crippen LogP contribution < -0.4 is 14.5 Å². The molecule has 0 unspecified atom stereocenters. The summed E-state index contributed by atoms with van der Waals surface area (Å²) in [5.41, 5.74) is 5.43. The van der Waals surface area contributed by atoms with Crippen LogP contribution in [-0.4, -0.2) is 104 Å². The largest absolute Gasteiger partial charge is 0.496 e. The molecule has 3 aliphatic heterocycles. The van der Waals surface area contributed by atoms with E-state index in [1.54, 1.807) is 19.5 Å². The molecule has 3 saturated heterocycles. The van der Waals surface area contributed by atoms with E-state index in [0.717, 1.165) is 114 Å². The molecule has 0 radical (unpaired) electrons. The van der Waals surface area contributed by atoms with Crippen LogP contribution in [0.4, 0.5) is 11.8 Å². The van der Waals surface area contributed by atoms with E-state index in [0.29, 0.717) is 6.04 Å². The molecule has 9 rings (SSSR count). The van der Waals surface area contributed by atoms with Gasteiger partial charge in [0, 0.05) is 75.4 Å². The molecular weight excluding hydrogens is 556 g/mol. The lowest BCUT2D eigenvalue weighted by molar-refractivity contribution is 0.0989. The SMILES string of the molecule is COc1ccncc1-c1cc2c(cnn2-c2cc3c(nc(N4CCN(C5CC5)CC4)n3C)c(N3C[C@H]4C[C@@H]3CO4)n2)c(C)n1. The summed E-state index contributed by atoms with van der Waals surface area (Å²) in [6, 6.07) is 7.15. The molecule has 226 valence electrons. The molecule has 0 aromatic carbocycles. The number of aromatic nitrogens is 7. The molecule has 0 spiro atoms. The normalized spacial score (nSPS) is 22.2. The fraction of sp³-hybridized carbons (Fsp3) is 0.469. The van der Waals surface area contributed by atoms with Gasteiger partial charge in [0.15, 0.2) is 11.6 Å². The first-order valence-corrected chi connectivity index (χ1v) is 15.6. The molecule has 0 amide bonds. The van der Waals surface area contributed by atoms with E-state index in [1.165, 1.54) is 12.8 Å². The minimum Gasteiger partial charge on any atom is -0.496 e. The van der Waals surface area contributed by atoms with E-state index in [9.17, 15) is 0 Å². The highest BCUT2D eigenvalue weighted by Gasteiger charge is 2.41. The van der Waals surface area contributed by atoms with Crippen LogP contribution >= 0.6 is 0 Å². The molecule has 4 aliphatic rings. The van der Waals surface area contributed by atoms with Gasteiger partial charge < -0.3 is 23.8 Å². The van der Waals surface area contributed by atoms with Crippen LogP contribution in [0.15, 0.2) is 36.8 Å². The second-order valence-corrected chi connectivity index (χ2v) is 12.6. The van der Waals surface area contributed by atoms with E-state index in [-0.39, 0.29) is 6.10 Å². The zero-order chi connectivity index (χ0) is 29.5. The first-order chi connectivity index (χ1) is 21.6. The number of imidazole rings is 1. The first kappa shape index (κ1) is 26.1. The van der Waals surface area contributed by atoms with E-state index in [2.05, 4.69) is 43.4 Å². The Labute approximate surface area is 255 Å². The summed E-state index contributed by atoms with van der Waals surface area (Å²) >= 11 is 0. The number of nitrogens with zero attached hydrogens (tertiary/aromatic N) is 10. The highest BCUT2D eigenvalue weighted by Crippen LogP contribution is 2.38. The molecular formula is C32H36N10O2. The number of anilines is 2. The van der Waals surface area contributed by atoms with Gasteiger partial charge in [-0.2, -0.15) is 5.10 Å². The topological polar surface area (TPSA) is 102 Å². The molecule has 5 aromatic rings. The van der Waals surface area contributed by atoms with E-state index in [1.807, 2.05) is 23.9 Å². The second-order valence-electron chi connectivity index (χ2n) is 12.6. The van der Waals surface area contributed by atoms with Crippen molar-refractivity contribution in [1.82, 2.24) is 39.2 Å². The fourth-order valence-electron chi connectivity index (χ4n) is 7.37. The van der Waals surface area contributed by atoms with Gasteiger partial charge in [-0.25, -0.2) is 14.6 Å². The average Bonchev–Trinajstić information content (AvgIpc) is 3.34. The Morgan fingerprint density at radius 2 is 1.84 bits per heavy atom. The van der Waals surface area contributed by atoms with E-state index in [4.69, 9.17) is 29.5 Å². The average molecular weight is 593 g/mol. The lowest BCUT2D eigenvalue weighted by Gasteiger charge is -2.35. The minimum absolute atomic E-state index is 0.246. The Balaban J connectivity index is 1.18. The third-order valence-corrected chi connectivity index (χ3v) is 9.90. The highest BCUT2D eigenvalue weighted by molar-refractivity contribution is 5.92. The van der Waals surface area contributed by atoms with Gasteiger partial charge in [0.05, 0.1) is 54.4 Å². The minimum atomic E-state index is 0.246. The van der Waals surface area contributed by atoms with Crippen molar-refractivity contribution in [1.29, 1.82) is 0 Å². The summed E-state index contributed by atoms with van der Waals surface area (Å²) < 4.78 is 15.8. The van der Waals surface area contributed by atoms with Crippen molar-refractivity contribution in [2.45, 2.75) is 44.4 Å². The summed E-state index contributed by atoms with van der Waals surface area (Å²) in [5, 5.41) is 5.84. The maximum absolute atomic E-state index is 5.97. The third-order valence-electron chi connectivity index (χ3n) is 9.90. The van der Waals surface area contributed by atoms with Crippen LogP contribution in [0.2, 0.25) is 0 Å². The summed E-state index contributed by atoms with van der Waals surface area (Å²) in [6.07, 6.45) is 9.37. The molecule has 2 bridgehead atoms. The number of piperazine rings is 1.